The first kappa shape index (κ1) is 7.67. The molecule has 60 valence electrons. The topological polar surface area (TPSA) is 96.5 Å². The predicted octanol–water partition coefficient (Wildman–Crippen LogP) is -0.504. The van der Waals surface area contributed by atoms with Crippen LogP contribution in [0.15, 0.2) is 4.52 Å². The van der Waals surface area contributed by atoms with Gasteiger partial charge in [-0.2, -0.15) is 4.98 Å². The van der Waals surface area contributed by atoms with Crippen molar-refractivity contribution >= 4 is 5.97 Å². The summed E-state index contributed by atoms with van der Waals surface area (Å²) in [5.74, 6) is -1.41. The van der Waals surface area contributed by atoms with Gasteiger partial charge in [0, 0.05) is 0 Å². The van der Waals surface area contributed by atoms with Crippen molar-refractivity contribution in [3.63, 3.8) is 0 Å². The molecule has 0 bridgehead atoms. The molecule has 1 heterocycles. The number of nitrogens with zero attached hydrogens (tertiary/aromatic N) is 2. The molecule has 0 aromatic carbocycles. The van der Waals surface area contributed by atoms with E-state index in [4.69, 9.17) is 10.2 Å². The summed E-state index contributed by atoms with van der Waals surface area (Å²) >= 11 is 0. The van der Waals surface area contributed by atoms with Gasteiger partial charge in [-0.3, -0.25) is 0 Å². The van der Waals surface area contributed by atoms with Gasteiger partial charge < -0.3 is 14.7 Å². The Labute approximate surface area is 61.5 Å². The van der Waals surface area contributed by atoms with E-state index >= 15 is 0 Å². The van der Waals surface area contributed by atoms with Gasteiger partial charge in [0.05, 0.1) is 0 Å². The lowest BCUT2D eigenvalue weighted by molar-refractivity contribution is -0.148. The van der Waals surface area contributed by atoms with E-state index < -0.39 is 12.1 Å². The highest BCUT2D eigenvalue weighted by Gasteiger charge is 2.22. The standard InChI is InChI=1S/C5H6N2O4/c1-2-6-4(11-7-2)3(8)5(9)10/h3,8H,1H3,(H,9,10). The Kier molecular flexibility index (Phi) is 1.86. The summed E-state index contributed by atoms with van der Waals surface area (Å²) in [6.07, 6.45) is -1.73. The summed E-state index contributed by atoms with van der Waals surface area (Å²) in [5.41, 5.74) is 0. The number of rotatable bonds is 2. The van der Waals surface area contributed by atoms with Gasteiger partial charge in [0.15, 0.2) is 5.82 Å². The number of hydrogen-bond donors (Lipinski definition) is 2. The number of aliphatic hydroxyl groups is 1. The Hall–Kier alpha value is -1.43. The lowest BCUT2D eigenvalue weighted by atomic mass is 10.4. The van der Waals surface area contributed by atoms with Crippen LogP contribution in [-0.2, 0) is 4.79 Å². The fraction of sp³-hybridized carbons (Fsp3) is 0.400. The van der Waals surface area contributed by atoms with Crippen LogP contribution < -0.4 is 0 Å². The third kappa shape index (κ3) is 1.53. The first-order valence-electron chi connectivity index (χ1n) is 2.82. The van der Waals surface area contributed by atoms with Crippen molar-refractivity contribution in [1.82, 2.24) is 10.1 Å². The largest absolute Gasteiger partial charge is 0.479 e. The Morgan fingerprint density at radius 1 is 1.73 bits per heavy atom. The lowest BCUT2D eigenvalue weighted by Gasteiger charge is -1.95. The normalized spacial score (nSPS) is 12.9. The number of carboxylic acids is 1. The van der Waals surface area contributed by atoms with Gasteiger partial charge in [0.2, 0.25) is 6.10 Å². The number of aromatic nitrogens is 2. The number of aryl methyl sites for hydroxylation is 1. The molecule has 0 aliphatic rings. The zero-order valence-corrected chi connectivity index (χ0v) is 5.68. The van der Waals surface area contributed by atoms with E-state index in [2.05, 4.69) is 14.7 Å². The number of carbonyl (C=O) groups is 1. The van der Waals surface area contributed by atoms with Gasteiger partial charge in [-0.1, -0.05) is 5.16 Å². The highest BCUT2D eigenvalue weighted by molar-refractivity contribution is 5.72. The average molecular weight is 158 g/mol. The summed E-state index contributed by atoms with van der Waals surface area (Å²) in [5, 5.41) is 20.4. The monoisotopic (exact) mass is 158 g/mol. The first-order valence-corrected chi connectivity index (χ1v) is 2.82. The summed E-state index contributed by atoms with van der Waals surface area (Å²) < 4.78 is 4.40. The number of aliphatic carboxylic acids is 1. The molecule has 6 heteroatoms. The minimum absolute atomic E-state index is 0.292. The SMILES string of the molecule is Cc1noc(C(O)C(=O)O)n1. The molecule has 0 saturated carbocycles. The van der Waals surface area contributed by atoms with Gasteiger partial charge in [-0.15, -0.1) is 0 Å². The van der Waals surface area contributed by atoms with Crippen molar-refractivity contribution < 1.29 is 19.5 Å². The Morgan fingerprint density at radius 3 is 2.73 bits per heavy atom. The van der Waals surface area contributed by atoms with Crippen molar-refractivity contribution in [2.24, 2.45) is 0 Å². The molecule has 0 amide bonds. The highest BCUT2D eigenvalue weighted by atomic mass is 16.5. The zero-order chi connectivity index (χ0) is 8.43. The van der Waals surface area contributed by atoms with E-state index in [0.717, 1.165) is 0 Å². The molecule has 1 aromatic rings. The van der Waals surface area contributed by atoms with Crippen molar-refractivity contribution in [3.05, 3.63) is 11.7 Å². The molecule has 0 radical (unpaired) electrons. The minimum atomic E-state index is -1.73. The van der Waals surface area contributed by atoms with Gasteiger partial charge in [-0.25, -0.2) is 4.79 Å². The number of aliphatic hydroxyl groups excluding tert-OH is 1. The van der Waals surface area contributed by atoms with Gasteiger partial charge in [-0.05, 0) is 6.92 Å². The summed E-state index contributed by atoms with van der Waals surface area (Å²) in [6, 6.07) is 0. The molecule has 6 nitrogen and oxygen atoms in total. The Balaban J connectivity index is 2.84. The Morgan fingerprint density at radius 2 is 2.36 bits per heavy atom. The third-order valence-electron chi connectivity index (χ3n) is 1.01. The summed E-state index contributed by atoms with van der Waals surface area (Å²) in [6.45, 7) is 1.53. The van der Waals surface area contributed by atoms with Crippen molar-refractivity contribution in [3.8, 4) is 0 Å². The van der Waals surface area contributed by atoms with Crippen LogP contribution in [0.5, 0.6) is 0 Å². The van der Waals surface area contributed by atoms with Gasteiger partial charge in [0.1, 0.15) is 0 Å². The third-order valence-corrected chi connectivity index (χ3v) is 1.01. The van der Waals surface area contributed by atoms with Crippen LogP contribution in [0.3, 0.4) is 0 Å². The van der Waals surface area contributed by atoms with Crippen LogP contribution in [0.2, 0.25) is 0 Å². The van der Waals surface area contributed by atoms with E-state index in [9.17, 15) is 4.79 Å². The highest BCUT2D eigenvalue weighted by Crippen LogP contribution is 2.08. The number of carboxylic acid groups (broad SMARTS) is 1. The molecule has 1 unspecified atom stereocenters. The van der Waals surface area contributed by atoms with Crippen molar-refractivity contribution in [1.29, 1.82) is 0 Å². The first-order chi connectivity index (χ1) is 5.11. The van der Waals surface area contributed by atoms with Crippen LogP contribution >= 0.6 is 0 Å². The van der Waals surface area contributed by atoms with Crippen LogP contribution in [0.4, 0.5) is 0 Å². The second kappa shape index (κ2) is 2.67. The molecule has 0 fully saturated rings. The fourth-order valence-electron chi connectivity index (χ4n) is 0.530. The van der Waals surface area contributed by atoms with Crippen LogP contribution in [0.25, 0.3) is 0 Å². The van der Waals surface area contributed by atoms with Crippen molar-refractivity contribution in [2.45, 2.75) is 13.0 Å². The quantitative estimate of drug-likeness (QED) is 0.602. The van der Waals surface area contributed by atoms with Gasteiger partial charge >= 0.3 is 5.97 Å². The van der Waals surface area contributed by atoms with Crippen LogP contribution in [0.1, 0.15) is 17.8 Å². The summed E-state index contributed by atoms with van der Waals surface area (Å²) in [4.78, 5) is 13.7. The van der Waals surface area contributed by atoms with E-state index in [0.29, 0.717) is 5.82 Å². The molecule has 0 spiro atoms. The van der Waals surface area contributed by atoms with Gasteiger partial charge in [0.25, 0.3) is 5.89 Å². The molecule has 0 aliphatic carbocycles. The molecule has 11 heavy (non-hydrogen) atoms. The molecule has 0 aliphatic heterocycles. The van der Waals surface area contributed by atoms with E-state index in [1.165, 1.54) is 6.92 Å². The molecular weight excluding hydrogens is 152 g/mol. The smallest absolute Gasteiger partial charge is 0.342 e. The molecule has 2 N–H and O–H groups in total. The molecular formula is C5H6N2O4. The number of hydrogen-bond acceptors (Lipinski definition) is 5. The second-order valence-corrected chi connectivity index (χ2v) is 1.92. The van der Waals surface area contributed by atoms with Crippen molar-refractivity contribution in [2.75, 3.05) is 0 Å². The fourth-order valence-corrected chi connectivity index (χ4v) is 0.530. The zero-order valence-electron chi connectivity index (χ0n) is 5.68. The van der Waals surface area contributed by atoms with E-state index in [1.54, 1.807) is 0 Å². The molecule has 1 atom stereocenters. The second-order valence-electron chi connectivity index (χ2n) is 1.92. The maximum absolute atomic E-state index is 10.1. The average Bonchev–Trinajstić information content (AvgIpc) is 2.34. The molecule has 1 aromatic heterocycles. The van der Waals surface area contributed by atoms with E-state index in [1.807, 2.05) is 0 Å². The van der Waals surface area contributed by atoms with Crippen LogP contribution in [0, 0.1) is 6.92 Å². The summed E-state index contributed by atoms with van der Waals surface area (Å²) in [7, 11) is 0. The predicted molar refractivity (Wildman–Crippen MR) is 31.6 cm³/mol. The lowest BCUT2D eigenvalue weighted by Crippen LogP contribution is -2.10. The van der Waals surface area contributed by atoms with Crippen LogP contribution in [-0.4, -0.2) is 26.3 Å². The minimum Gasteiger partial charge on any atom is -0.479 e. The Bertz CT molecular complexity index is 269. The molecule has 1 rings (SSSR count). The molecule has 0 saturated heterocycles. The van der Waals surface area contributed by atoms with E-state index in [-0.39, 0.29) is 5.89 Å². The maximum atomic E-state index is 10.1. The maximum Gasteiger partial charge on any atom is 0.342 e.